The van der Waals surface area contributed by atoms with Crippen molar-refractivity contribution in [3.8, 4) is 5.75 Å². The van der Waals surface area contributed by atoms with Gasteiger partial charge in [0.1, 0.15) is 5.75 Å². The van der Waals surface area contributed by atoms with Gasteiger partial charge in [0.05, 0.1) is 18.5 Å². The average Bonchev–Trinajstić information content (AvgIpc) is 3.72. The zero-order chi connectivity index (χ0) is 23.9. The smallest absolute Gasteiger partial charge is 0.254 e. The molecule has 9 nitrogen and oxygen atoms in total. The van der Waals surface area contributed by atoms with E-state index in [4.69, 9.17) is 4.74 Å². The van der Waals surface area contributed by atoms with Crippen LogP contribution in [0.4, 0.5) is 11.4 Å². The molecule has 6 rings (SSSR count). The lowest BCUT2D eigenvalue weighted by molar-refractivity contribution is -0.123. The zero-order valence-corrected chi connectivity index (χ0v) is 19.4. The van der Waals surface area contributed by atoms with Gasteiger partial charge in [-0.05, 0) is 55.3 Å². The van der Waals surface area contributed by atoms with Gasteiger partial charge in [0, 0.05) is 30.5 Å². The Morgan fingerprint density at radius 2 is 1.89 bits per heavy atom. The Balaban J connectivity index is 1.28. The zero-order valence-electron chi connectivity index (χ0n) is 19.4. The second-order valence-electron chi connectivity index (χ2n) is 9.02. The van der Waals surface area contributed by atoms with Crippen molar-refractivity contribution in [1.82, 2.24) is 15.9 Å². The number of nitrogens with zero attached hydrogens (tertiary/aromatic N) is 4. The second-order valence-corrected chi connectivity index (χ2v) is 9.02. The van der Waals surface area contributed by atoms with Crippen LogP contribution >= 0.6 is 0 Å². The monoisotopic (exact) mass is 469 g/mol. The number of carbonyl (C=O) groups is 1. The first kappa shape index (κ1) is 21.4. The summed E-state index contributed by atoms with van der Waals surface area (Å²) in [5.74, 6) is 0.745. The summed E-state index contributed by atoms with van der Waals surface area (Å²) in [6, 6.07) is 16.0. The summed E-state index contributed by atoms with van der Waals surface area (Å²) in [6.07, 6.45) is 13.5. The van der Waals surface area contributed by atoms with Crippen LogP contribution in [0.1, 0.15) is 18.4 Å². The van der Waals surface area contributed by atoms with Crippen molar-refractivity contribution in [1.29, 1.82) is 0 Å². The molecule has 1 spiro atoms. The van der Waals surface area contributed by atoms with Gasteiger partial charge in [-0.1, -0.05) is 35.6 Å². The lowest BCUT2D eigenvalue weighted by Crippen LogP contribution is -2.60. The van der Waals surface area contributed by atoms with E-state index >= 15 is 0 Å². The first-order valence-electron chi connectivity index (χ1n) is 11.8. The van der Waals surface area contributed by atoms with E-state index in [0.29, 0.717) is 6.54 Å². The van der Waals surface area contributed by atoms with Gasteiger partial charge in [-0.2, -0.15) is 5.12 Å². The standard InChI is InChI=1S/C26H27N7O2/c1-35-23-9-5-2-6-19(23)18-28-33-26(30-31-33)14-12-25(13-15-26,24(34)29-20-10-11-20)32-17-16-27-21-7-3-4-8-22(21)32/h2-9,12-17,20,27-28H,10-11,18H2,1H3,(H,29,34). The molecule has 2 aromatic carbocycles. The van der Waals surface area contributed by atoms with Crippen molar-refractivity contribution in [3.05, 3.63) is 90.8 Å². The highest BCUT2D eigenvalue weighted by Gasteiger charge is 2.49. The average molecular weight is 470 g/mol. The minimum absolute atomic E-state index is 0.0616. The molecule has 0 bridgehead atoms. The van der Waals surface area contributed by atoms with E-state index in [1.54, 1.807) is 12.2 Å². The van der Waals surface area contributed by atoms with Gasteiger partial charge in [0.25, 0.3) is 5.91 Å². The first-order chi connectivity index (χ1) is 17.1. The second kappa shape index (κ2) is 8.28. The summed E-state index contributed by atoms with van der Waals surface area (Å²) in [5, 5.41) is 16.7. The number of ether oxygens (including phenoxy) is 1. The molecular weight excluding hydrogens is 442 g/mol. The Bertz CT molecular complexity index is 1250. The third-order valence-electron chi connectivity index (χ3n) is 6.71. The van der Waals surface area contributed by atoms with Crippen LogP contribution in [0, 0.1) is 0 Å². The third-order valence-corrected chi connectivity index (χ3v) is 6.71. The molecule has 2 aliphatic heterocycles. The first-order valence-corrected chi connectivity index (χ1v) is 11.8. The normalized spacial score (nSPS) is 25.7. The topological polar surface area (TPSA) is 93.6 Å². The molecule has 0 atom stereocenters. The van der Waals surface area contributed by atoms with Crippen molar-refractivity contribution in [2.24, 2.45) is 10.3 Å². The number of benzene rings is 2. The highest BCUT2D eigenvalue weighted by molar-refractivity contribution is 5.98. The number of rotatable bonds is 7. The molecule has 0 aromatic heterocycles. The number of para-hydroxylation sites is 3. The van der Waals surface area contributed by atoms with Gasteiger partial charge in [0.15, 0.2) is 5.54 Å². The van der Waals surface area contributed by atoms with E-state index in [2.05, 4.69) is 26.4 Å². The van der Waals surface area contributed by atoms with Crippen LogP contribution in [-0.2, 0) is 11.3 Å². The molecule has 2 aliphatic carbocycles. The molecule has 1 saturated carbocycles. The number of amides is 1. The number of nitrogens with one attached hydrogen (secondary N) is 3. The van der Waals surface area contributed by atoms with Gasteiger partial charge in [-0.3, -0.25) is 4.79 Å². The molecule has 4 aliphatic rings. The fraction of sp³-hybridized carbons (Fsp3) is 0.269. The molecule has 0 saturated heterocycles. The molecule has 35 heavy (non-hydrogen) atoms. The van der Waals surface area contributed by atoms with Crippen molar-refractivity contribution in [2.75, 3.05) is 17.3 Å². The van der Waals surface area contributed by atoms with E-state index in [0.717, 1.165) is 35.5 Å². The van der Waals surface area contributed by atoms with Crippen LogP contribution in [0.3, 0.4) is 0 Å². The SMILES string of the molecule is COc1ccccc1CNN1N=NC12C=CC(C(=O)NC1CC1)(N1C=CNc3ccccc31)C=C2. The maximum absolute atomic E-state index is 13.7. The van der Waals surface area contributed by atoms with Crippen molar-refractivity contribution in [3.63, 3.8) is 0 Å². The van der Waals surface area contributed by atoms with E-state index in [1.807, 2.05) is 90.1 Å². The number of anilines is 2. The largest absolute Gasteiger partial charge is 0.496 e. The molecule has 9 heteroatoms. The lowest BCUT2D eigenvalue weighted by atomic mass is 9.86. The van der Waals surface area contributed by atoms with Crippen molar-refractivity contribution < 1.29 is 9.53 Å². The molecule has 3 N–H and O–H groups in total. The van der Waals surface area contributed by atoms with Crippen LogP contribution in [0.25, 0.3) is 0 Å². The van der Waals surface area contributed by atoms with E-state index < -0.39 is 11.2 Å². The molecule has 0 unspecified atom stereocenters. The van der Waals surface area contributed by atoms with Crippen LogP contribution < -0.4 is 25.7 Å². The molecule has 1 fully saturated rings. The van der Waals surface area contributed by atoms with Crippen LogP contribution in [0.2, 0.25) is 0 Å². The summed E-state index contributed by atoms with van der Waals surface area (Å²) < 4.78 is 5.45. The minimum Gasteiger partial charge on any atom is -0.496 e. The minimum atomic E-state index is -1.03. The highest BCUT2D eigenvalue weighted by atomic mass is 16.5. The maximum atomic E-state index is 13.7. The fourth-order valence-corrected chi connectivity index (χ4v) is 4.54. The predicted molar refractivity (Wildman–Crippen MR) is 133 cm³/mol. The Morgan fingerprint density at radius 3 is 2.63 bits per heavy atom. The Labute approximate surface area is 203 Å². The number of hydrogen-bond donors (Lipinski definition) is 3. The van der Waals surface area contributed by atoms with E-state index in [-0.39, 0.29) is 11.9 Å². The van der Waals surface area contributed by atoms with Crippen LogP contribution in [0.15, 0.2) is 95.6 Å². The molecular formula is C26H27N7O2. The van der Waals surface area contributed by atoms with Gasteiger partial charge >= 0.3 is 0 Å². The Kier molecular flexibility index (Phi) is 5.07. The highest BCUT2D eigenvalue weighted by Crippen LogP contribution is 2.41. The van der Waals surface area contributed by atoms with E-state index in [1.165, 1.54) is 0 Å². The summed E-state index contributed by atoms with van der Waals surface area (Å²) >= 11 is 0. The maximum Gasteiger partial charge on any atom is 0.254 e. The van der Waals surface area contributed by atoms with Crippen molar-refractivity contribution in [2.45, 2.75) is 36.6 Å². The number of fused-ring (bicyclic) bond motifs is 1. The number of hydrazine groups is 1. The number of carbonyl (C=O) groups excluding carboxylic acids is 1. The summed E-state index contributed by atoms with van der Waals surface area (Å²) in [6.45, 7) is 0.522. The van der Waals surface area contributed by atoms with Gasteiger partial charge in [-0.25, -0.2) is 5.43 Å². The Hall–Kier alpha value is -4.11. The molecule has 2 aromatic rings. The van der Waals surface area contributed by atoms with Crippen molar-refractivity contribution >= 4 is 17.3 Å². The molecule has 0 radical (unpaired) electrons. The Morgan fingerprint density at radius 1 is 1.11 bits per heavy atom. The predicted octanol–water partition coefficient (Wildman–Crippen LogP) is 3.63. The van der Waals surface area contributed by atoms with Gasteiger partial charge in [-0.15, -0.1) is 5.11 Å². The summed E-state index contributed by atoms with van der Waals surface area (Å²) in [5.41, 5.74) is 4.38. The van der Waals surface area contributed by atoms with Crippen LogP contribution in [-0.4, -0.2) is 35.4 Å². The third kappa shape index (κ3) is 3.64. The summed E-state index contributed by atoms with van der Waals surface area (Å²) in [4.78, 5) is 15.7. The van der Waals surface area contributed by atoms with Gasteiger partial charge in [0.2, 0.25) is 5.66 Å². The molecule has 2 heterocycles. The van der Waals surface area contributed by atoms with E-state index in [9.17, 15) is 4.79 Å². The number of methoxy groups -OCH3 is 1. The van der Waals surface area contributed by atoms with Crippen LogP contribution in [0.5, 0.6) is 5.75 Å². The quantitative estimate of drug-likeness (QED) is 0.537. The molecule has 1 amide bonds. The lowest BCUT2D eigenvalue weighted by Gasteiger charge is -2.46. The van der Waals surface area contributed by atoms with Gasteiger partial charge < -0.3 is 20.3 Å². The fourth-order valence-electron chi connectivity index (χ4n) is 4.54. The molecule has 178 valence electrons. The summed E-state index contributed by atoms with van der Waals surface area (Å²) in [7, 11) is 1.66. The number of hydrogen-bond acceptors (Lipinski definition) is 8.